The third-order valence-electron chi connectivity index (χ3n) is 2.76. The zero-order chi connectivity index (χ0) is 11.0. The second-order valence-electron chi connectivity index (χ2n) is 6.07. The van der Waals surface area contributed by atoms with Gasteiger partial charge in [-0.15, -0.1) is 0 Å². The molecule has 1 atom stereocenters. The molecule has 0 fully saturated rings. The molecule has 1 heteroatoms. The standard InChI is InChI=1S/C13H30Si/c1-6-7-8-9-10-11-13(2)12-14(3,4)5/h13H,6-12H2,1-5H3. The van der Waals surface area contributed by atoms with Gasteiger partial charge < -0.3 is 0 Å². The Morgan fingerprint density at radius 3 is 2.00 bits per heavy atom. The van der Waals surface area contributed by atoms with Crippen LogP contribution in [-0.4, -0.2) is 8.07 Å². The first-order valence-electron chi connectivity index (χ1n) is 6.45. The van der Waals surface area contributed by atoms with Gasteiger partial charge in [0.15, 0.2) is 0 Å². The largest absolute Gasteiger partial charge is 0.0695 e. The highest BCUT2D eigenvalue weighted by Crippen LogP contribution is 2.21. The molecule has 0 aliphatic heterocycles. The van der Waals surface area contributed by atoms with Crippen molar-refractivity contribution in [2.24, 2.45) is 5.92 Å². The van der Waals surface area contributed by atoms with E-state index in [4.69, 9.17) is 0 Å². The van der Waals surface area contributed by atoms with Crippen LogP contribution < -0.4 is 0 Å². The minimum absolute atomic E-state index is 0.796. The summed E-state index contributed by atoms with van der Waals surface area (Å²) in [6.07, 6.45) is 8.65. The van der Waals surface area contributed by atoms with Crippen molar-refractivity contribution < 1.29 is 0 Å². The third-order valence-corrected chi connectivity index (χ3v) is 4.68. The summed E-state index contributed by atoms with van der Waals surface area (Å²) in [5, 5.41) is 0. The van der Waals surface area contributed by atoms with E-state index in [0.29, 0.717) is 0 Å². The van der Waals surface area contributed by atoms with Gasteiger partial charge in [-0.2, -0.15) is 0 Å². The highest BCUT2D eigenvalue weighted by Gasteiger charge is 2.16. The first kappa shape index (κ1) is 14.2. The van der Waals surface area contributed by atoms with E-state index in [1.54, 1.807) is 0 Å². The number of unbranched alkanes of at least 4 members (excludes halogenated alkanes) is 4. The Hall–Kier alpha value is 0.217. The van der Waals surface area contributed by atoms with Crippen LogP contribution in [-0.2, 0) is 0 Å². The van der Waals surface area contributed by atoms with Crippen LogP contribution in [0.15, 0.2) is 0 Å². The van der Waals surface area contributed by atoms with E-state index < -0.39 is 8.07 Å². The van der Waals surface area contributed by atoms with Gasteiger partial charge in [0.1, 0.15) is 0 Å². The molecular weight excluding hydrogens is 184 g/mol. The second-order valence-corrected chi connectivity index (χ2v) is 11.6. The molecule has 1 unspecified atom stereocenters. The lowest BCUT2D eigenvalue weighted by atomic mass is 10.0. The molecule has 0 aromatic carbocycles. The highest BCUT2D eigenvalue weighted by molar-refractivity contribution is 6.76. The highest BCUT2D eigenvalue weighted by atomic mass is 28.3. The lowest BCUT2D eigenvalue weighted by Gasteiger charge is -2.21. The molecule has 0 amide bonds. The van der Waals surface area contributed by atoms with Crippen molar-refractivity contribution in [1.29, 1.82) is 0 Å². The van der Waals surface area contributed by atoms with Crippen molar-refractivity contribution >= 4 is 8.07 Å². The lowest BCUT2D eigenvalue weighted by Crippen LogP contribution is -2.22. The van der Waals surface area contributed by atoms with Gasteiger partial charge in [-0.3, -0.25) is 0 Å². The summed E-state index contributed by atoms with van der Waals surface area (Å²) < 4.78 is 0. The molecule has 0 nitrogen and oxygen atoms in total. The van der Waals surface area contributed by atoms with E-state index in [1.807, 2.05) is 0 Å². The van der Waals surface area contributed by atoms with Crippen LogP contribution in [0.1, 0.15) is 52.4 Å². The smallest absolute Gasteiger partial charge is 0.0445 e. The number of hydrogen-bond donors (Lipinski definition) is 0. The predicted octanol–water partition coefficient (Wildman–Crippen LogP) is 5.32. The first-order valence-corrected chi connectivity index (χ1v) is 10.2. The number of rotatable bonds is 8. The number of hydrogen-bond acceptors (Lipinski definition) is 0. The van der Waals surface area contributed by atoms with E-state index >= 15 is 0 Å². The van der Waals surface area contributed by atoms with Crippen LogP contribution >= 0.6 is 0 Å². The molecule has 0 radical (unpaired) electrons. The van der Waals surface area contributed by atoms with Gasteiger partial charge in [0.25, 0.3) is 0 Å². The van der Waals surface area contributed by atoms with E-state index in [9.17, 15) is 0 Å². The molecule has 0 aromatic heterocycles. The van der Waals surface area contributed by atoms with Crippen molar-refractivity contribution in [2.45, 2.75) is 78.1 Å². The second kappa shape index (κ2) is 7.50. The Morgan fingerprint density at radius 2 is 1.50 bits per heavy atom. The van der Waals surface area contributed by atoms with Gasteiger partial charge in [0.05, 0.1) is 0 Å². The lowest BCUT2D eigenvalue weighted by molar-refractivity contribution is 0.514. The molecule has 86 valence electrons. The van der Waals surface area contributed by atoms with E-state index in [2.05, 4.69) is 33.5 Å². The zero-order valence-corrected chi connectivity index (χ0v) is 12.0. The molecule has 0 aromatic rings. The van der Waals surface area contributed by atoms with E-state index in [1.165, 1.54) is 44.6 Å². The maximum Gasteiger partial charge on any atom is 0.0445 e. The summed E-state index contributed by atoms with van der Waals surface area (Å²) >= 11 is 0. The summed E-state index contributed by atoms with van der Waals surface area (Å²) in [4.78, 5) is 0. The van der Waals surface area contributed by atoms with Crippen LogP contribution in [0.3, 0.4) is 0 Å². The summed E-state index contributed by atoms with van der Waals surface area (Å²) in [6.45, 7) is 12.2. The maximum absolute atomic E-state index is 2.49. The van der Waals surface area contributed by atoms with Crippen LogP contribution in [0.5, 0.6) is 0 Å². The first-order chi connectivity index (χ1) is 6.45. The Bertz CT molecular complexity index is 124. The van der Waals surface area contributed by atoms with Gasteiger partial charge in [0, 0.05) is 8.07 Å². The fourth-order valence-corrected chi connectivity index (χ4v) is 4.54. The van der Waals surface area contributed by atoms with Crippen LogP contribution in [0.25, 0.3) is 0 Å². The molecule has 0 bridgehead atoms. The molecule has 0 rings (SSSR count). The molecule has 0 saturated carbocycles. The topological polar surface area (TPSA) is 0 Å². The molecule has 0 N–H and O–H groups in total. The quantitative estimate of drug-likeness (QED) is 0.379. The molecule has 0 aliphatic carbocycles. The van der Waals surface area contributed by atoms with Gasteiger partial charge in [0.2, 0.25) is 0 Å². The van der Waals surface area contributed by atoms with Crippen molar-refractivity contribution in [2.75, 3.05) is 0 Å². The van der Waals surface area contributed by atoms with Gasteiger partial charge in [-0.1, -0.05) is 78.1 Å². The molecule has 0 aliphatic rings. The Kier molecular flexibility index (Phi) is 7.62. The third kappa shape index (κ3) is 10.3. The summed E-state index contributed by atoms with van der Waals surface area (Å²) in [6, 6.07) is 1.51. The molecule has 14 heavy (non-hydrogen) atoms. The van der Waals surface area contributed by atoms with E-state index in [-0.39, 0.29) is 0 Å². The molecule has 0 saturated heterocycles. The zero-order valence-electron chi connectivity index (χ0n) is 11.0. The van der Waals surface area contributed by atoms with Crippen molar-refractivity contribution in [3.8, 4) is 0 Å². The fourth-order valence-electron chi connectivity index (χ4n) is 2.24. The summed E-state index contributed by atoms with van der Waals surface area (Å²) in [5.74, 6) is 0.975. The Morgan fingerprint density at radius 1 is 0.929 bits per heavy atom. The van der Waals surface area contributed by atoms with Crippen LogP contribution in [0.2, 0.25) is 25.7 Å². The van der Waals surface area contributed by atoms with Crippen LogP contribution in [0, 0.1) is 5.92 Å². The monoisotopic (exact) mass is 214 g/mol. The maximum atomic E-state index is 2.49. The van der Waals surface area contributed by atoms with Crippen molar-refractivity contribution in [1.82, 2.24) is 0 Å². The SMILES string of the molecule is CCCCCCCC(C)C[Si](C)(C)C. The van der Waals surface area contributed by atoms with Crippen molar-refractivity contribution in [3.05, 3.63) is 0 Å². The van der Waals surface area contributed by atoms with Crippen molar-refractivity contribution in [3.63, 3.8) is 0 Å². The summed E-state index contributed by atoms with van der Waals surface area (Å²) in [5.41, 5.74) is 0. The Labute approximate surface area is 92.5 Å². The van der Waals surface area contributed by atoms with Gasteiger partial charge >= 0.3 is 0 Å². The fraction of sp³-hybridized carbons (Fsp3) is 1.00. The minimum Gasteiger partial charge on any atom is -0.0695 e. The predicted molar refractivity (Wildman–Crippen MR) is 70.7 cm³/mol. The Balaban J connectivity index is 3.31. The molecular formula is C13H30Si. The van der Waals surface area contributed by atoms with E-state index in [0.717, 1.165) is 5.92 Å². The molecule has 0 spiro atoms. The average molecular weight is 214 g/mol. The average Bonchev–Trinajstić information content (AvgIpc) is 2.00. The van der Waals surface area contributed by atoms with Gasteiger partial charge in [-0.05, 0) is 5.92 Å². The minimum atomic E-state index is -0.796. The molecule has 0 heterocycles. The van der Waals surface area contributed by atoms with Gasteiger partial charge in [-0.25, -0.2) is 0 Å². The normalized spacial score (nSPS) is 14.4. The summed E-state index contributed by atoms with van der Waals surface area (Å²) in [7, 11) is -0.796. The van der Waals surface area contributed by atoms with Crippen LogP contribution in [0.4, 0.5) is 0 Å².